The summed E-state index contributed by atoms with van der Waals surface area (Å²) in [6, 6.07) is 19.7. The van der Waals surface area contributed by atoms with Crippen LogP contribution in [-0.4, -0.2) is 19.2 Å². The van der Waals surface area contributed by atoms with Crippen LogP contribution in [0.1, 0.15) is 31.9 Å². The Hall–Kier alpha value is -3.49. The van der Waals surface area contributed by atoms with Crippen LogP contribution in [-0.2, 0) is 10.0 Å². The van der Waals surface area contributed by atoms with Gasteiger partial charge in [-0.05, 0) is 67.8 Å². The predicted octanol–water partition coefficient (Wildman–Crippen LogP) is 5.84. The third-order valence-electron chi connectivity index (χ3n) is 5.14. The number of aryl methyl sites for hydroxylation is 3. The average molecular weight is 478 g/mol. The number of sulfonamides is 1. The van der Waals surface area contributed by atoms with Gasteiger partial charge in [0.05, 0.1) is 16.0 Å². The first kappa shape index (κ1) is 22.7. The second-order valence-electron chi connectivity index (χ2n) is 7.75. The van der Waals surface area contributed by atoms with Gasteiger partial charge in [0.25, 0.3) is 10.0 Å². The Morgan fingerprint density at radius 3 is 2.30 bits per heavy atom. The molecule has 0 fully saturated rings. The molecule has 1 heterocycles. The van der Waals surface area contributed by atoms with Gasteiger partial charge in [-0.2, -0.15) is 0 Å². The molecule has 0 bridgehead atoms. The van der Waals surface area contributed by atoms with E-state index in [1.54, 1.807) is 49.5 Å². The van der Waals surface area contributed by atoms with Crippen LogP contribution < -0.4 is 10.0 Å². The van der Waals surface area contributed by atoms with Gasteiger partial charge in [0.2, 0.25) is 5.78 Å². The maximum Gasteiger partial charge on any atom is 0.262 e. The SMILES string of the molecule is Cc1ccc(C)c(S(=O)(=O)Nc2ccc(Nc3ncc(C(=O)c4ccccc4C)s3)cc2)c1. The van der Waals surface area contributed by atoms with E-state index in [9.17, 15) is 13.2 Å². The van der Waals surface area contributed by atoms with Crippen molar-refractivity contribution >= 4 is 43.6 Å². The highest BCUT2D eigenvalue weighted by atomic mass is 32.2. The number of hydrogen-bond acceptors (Lipinski definition) is 6. The number of anilines is 3. The molecule has 4 aromatic rings. The number of carbonyl (C=O) groups is 1. The fourth-order valence-corrected chi connectivity index (χ4v) is 5.53. The Balaban J connectivity index is 1.46. The molecule has 0 spiro atoms. The number of ketones is 1. The Bertz CT molecular complexity index is 1430. The topological polar surface area (TPSA) is 88.2 Å². The molecule has 0 aliphatic rings. The minimum absolute atomic E-state index is 0.0603. The third kappa shape index (κ3) is 5.13. The summed E-state index contributed by atoms with van der Waals surface area (Å²) in [4.78, 5) is 17.9. The molecule has 3 aromatic carbocycles. The average Bonchev–Trinajstić information content (AvgIpc) is 3.25. The molecule has 33 heavy (non-hydrogen) atoms. The van der Waals surface area contributed by atoms with Crippen molar-refractivity contribution in [2.75, 3.05) is 10.0 Å². The van der Waals surface area contributed by atoms with E-state index in [1.165, 1.54) is 11.3 Å². The van der Waals surface area contributed by atoms with Crippen molar-refractivity contribution in [3.63, 3.8) is 0 Å². The summed E-state index contributed by atoms with van der Waals surface area (Å²) in [5.41, 5.74) is 4.33. The van der Waals surface area contributed by atoms with Gasteiger partial charge in [0.15, 0.2) is 5.13 Å². The maximum atomic E-state index is 12.8. The zero-order chi connectivity index (χ0) is 23.6. The normalized spacial score (nSPS) is 11.2. The van der Waals surface area contributed by atoms with Gasteiger partial charge >= 0.3 is 0 Å². The number of thiazole rings is 1. The number of hydrogen-bond donors (Lipinski definition) is 2. The van der Waals surface area contributed by atoms with Crippen molar-refractivity contribution in [3.8, 4) is 0 Å². The Morgan fingerprint density at radius 1 is 0.879 bits per heavy atom. The molecule has 4 rings (SSSR count). The van der Waals surface area contributed by atoms with Crippen LogP contribution in [0.3, 0.4) is 0 Å². The Kier molecular flexibility index (Phi) is 6.31. The second kappa shape index (κ2) is 9.17. The van der Waals surface area contributed by atoms with Crippen LogP contribution >= 0.6 is 11.3 Å². The monoisotopic (exact) mass is 477 g/mol. The minimum Gasteiger partial charge on any atom is -0.332 e. The lowest BCUT2D eigenvalue weighted by atomic mass is 10.0. The third-order valence-corrected chi connectivity index (χ3v) is 7.58. The zero-order valence-corrected chi connectivity index (χ0v) is 20.0. The van der Waals surface area contributed by atoms with Crippen LogP contribution in [0, 0.1) is 20.8 Å². The molecule has 0 saturated heterocycles. The Morgan fingerprint density at radius 2 is 1.58 bits per heavy atom. The van der Waals surface area contributed by atoms with Gasteiger partial charge in [0.1, 0.15) is 0 Å². The van der Waals surface area contributed by atoms with Gasteiger partial charge in [-0.15, -0.1) is 0 Å². The molecule has 168 valence electrons. The zero-order valence-electron chi connectivity index (χ0n) is 18.4. The van der Waals surface area contributed by atoms with Gasteiger partial charge in [-0.1, -0.05) is 47.7 Å². The fraction of sp³-hybridized carbons (Fsp3) is 0.120. The van der Waals surface area contributed by atoms with Crippen molar-refractivity contribution in [1.82, 2.24) is 4.98 Å². The molecule has 6 nitrogen and oxygen atoms in total. The molecular weight excluding hydrogens is 454 g/mol. The summed E-state index contributed by atoms with van der Waals surface area (Å²) in [6.45, 7) is 5.54. The summed E-state index contributed by atoms with van der Waals surface area (Å²) in [5.74, 6) is -0.0603. The number of nitrogens with one attached hydrogen (secondary N) is 2. The molecular formula is C25H23N3O3S2. The van der Waals surface area contributed by atoms with E-state index >= 15 is 0 Å². The Labute approximate surface area is 197 Å². The first-order valence-corrected chi connectivity index (χ1v) is 12.6. The summed E-state index contributed by atoms with van der Waals surface area (Å²) in [7, 11) is -3.69. The molecule has 0 radical (unpaired) electrons. The first-order chi connectivity index (χ1) is 15.7. The lowest BCUT2D eigenvalue weighted by molar-refractivity contribution is 0.104. The van der Waals surface area contributed by atoms with Crippen molar-refractivity contribution in [2.24, 2.45) is 0 Å². The smallest absolute Gasteiger partial charge is 0.262 e. The van der Waals surface area contributed by atoms with Gasteiger partial charge in [-0.25, -0.2) is 13.4 Å². The number of carbonyl (C=O) groups excluding carboxylic acids is 1. The van der Waals surface area contributed by atoms with Crippen molar-refractivity contribution < 1.29 is 13.2 Å². The molecule has 0 aliphatic carbocycles. The van der Waals surface area contributed by atoms with Crippen LogP contribution in [0.4, 0.5) is 16.5 Å². The highest BCUT2D eigenvalue weighted by molar-refractivity contribution is 7.92. The number of rotatable bonds is 7. The summed E-state index contributed by atoms with van der Waals surface area (Å²) in [6.07, 6.45) is 1.56. The highest BCUT2D eigenvalue weighted by Crippen LogP contribution is 2.27. The first-order valence-electron chi connectivity index (χ1n) is 10.3. The molecule has 0 aliphatic heterocycles. The van der Waals surface area contributed by atoms with Crippen LogP contribution in [0.5, 0.6) is 0 Å². The standard InChI is InChI=1S/C25H23N3O3S2/c1-16-8-9-18(3)23(14-16)33(30,31)28-20-12-10-19(11-13-20)27-25-26-15-22(32-25)24(29)21-7-5-4-6-17(21)2/h4-15,28H,1-3H3,(H,26,27). The number of nitrogens with zero attached hydrogens (tertiary/aromatic N) is 1. The van der Waals surface area contributed by atoms with E-state index < -0.39 is 10.0 Å². The van der Waals surface area contributed by atoms with Crippen LogP contribution in [0.15, 0.2) is 77.8 Å². The second-order valence-corrected chi connectivity index (χ2v) is 10.4. The van der Waals surface area contributed by atoms with E-state index in [1.807, 2.05) is 44.2 Å². The number of benzene rings is 3. The summed E-state index contributed by atoms with van der Waals surface area (Å²) < 4.78 is 28.2. The molecule has 8 heteroatoms. The van der Waals surface area contributed by atoms with Crippen LogP contribution in [0.2, 0.25) is 0 Å². The number of aromatic nitrogens is 1. The summed E-state index contributed by atoms with van der Waals surface area (Å²) >= 11 is 1.27. The summed E-state index contributed by atoms with van der Waals surface area (Å²) in [5, 5.41) is 3.74. The molecule has 0 saturated carbocycles. The van der Waals surface area contributed by atoms with Crippen molar-refractivity contribution in [1.29, 1.82) is 0 Å². The van der Waals surface area contributed by atoms with Gasteiger partial charge in [-0.3, -0.25) is 9.52 Å². The lowest BCUT2D eigenvalue weighted by Crippen LogP contribution is -2.14. The van der Waals surface area contributed by atoms with Crippen molar-refractivity contribution in [2.45, 2.75) is 25.7 Å². The predicted molar refractivity (Wildman–Crippen MR) is 133 cm³/mol. The van der Waals surface area contributed by atoms with E-state index in [0.717, 1.165) is 16.8 Å². The fourth-order valence-electron chi connectivity index (χ4n) is 3.35. The van der Waals surface area contributed by atoms with Gasteiger partial charge < -0.3 is 5.32 Å². The van der Waals surface area contributed by atoms with Crippen molar-refractivity contribution in [3.05, 3.63) is 100 Å². The molecule has 0 unspecified atom stereocenters. The lowest BCUT2D eigenvalue weighted by Gasteiger charge is -2.12. The highest BCUT2D eigenvalue weighted by Gasteiger charge is 2.18. The molecule has 2 N–H and O–H groups in total. The molecule has 0 atom stereocenters. The minimum atomic E-state index is -3.69. The van der Waals surface area contributed by atoms with E-state index in [0.29, 0.717) is 26.8 Å². The largest absolute Gasteiger partial charge is 0.332 e. The van der Waals surface area contributed by atoms with E-state index in [4.69, 9.17) is 0 Å². The van der Waals surface area contributed by atoms with Gasteiger partial charge in [0, 0.05) is 16.9 Å². The van der Waals surface area contributed by atoms with Crippen LogP contribution in [0.25, 0.3) is 0 Å². The molecule has 1 aromatic heterocycles. The molecule has 0 amide bonds. The van der Waals surface area contributed by atoms with E-state index in [2.05, 4.69) is 15.0 Å². The van der Waals surface area contributed by atoms with E-state index in [-0.39, 0.29) is 10.7 Å². The maximum absolute atomic E-state index is 12.8. The quantitative estimate of drug-likeness (QED) is 0.326.